The zero-order chi connectivity index (χ0) is 21.8. The van der Waals surface area contributed by atoms with E-state index in [4.69, 9.17) is 14.2 Å². The van der Waals surface area contributed by atoms with Gasteiger partial charge in [0, 0.05) is 31.3 Å². The Morgan fingerprint density at radius 1 is 1.10 bits per heavy atom. The van der Waals surface area contributed by atoms with Gasteiger partial charge in [0.2, 0.25) is 11.8 Å². The second-order valence-corrected chi connectivity index (χ2v) is 7.49. The van der Waals surface area contributed by atoms with E-state index < -0.39 is 11.9 Å². The Morgan fingerprint density at radius 2 is 1.84 bits per heavy atom. The zero-order valence-corrected chi connectivity index (χ0v) is 17.3. The Morgan fingerprint density at radius 3 is 2.58 bits per heavy atom. The van der Waals surface area contributed by atoms with Crippen LogP contribution in [0.2, 0.25) is 0 Å². The molecule has 2 heterocycles. The van der Waals surface area contributed by atoms with Crippen LogP contribution in [0.4, 0.5) is 5.69 Å². The number of benzene rings is 2. The summed E-state index contributed by atoms with van der Waals surface area (Å²) in [6, 6.07) is 14.7. The fourth-order valence-electron chi connectivity index (χ4n) is 3.82. The van der Waals surface area contributed by atoms with Crippen molar-refractivity contribution in [2.24, 2.45) is 5.92 Å². The van der Waals surface area contributed by atoms with E-state index in [-0.39, 0.29) is 37.9 Å². The van der Waals surface area contributed by atoms with Crippen molar-refractivity contribution in [1.29, 1.82) is 0 Å². The molecular formula is C23H24N2O6. The molecular weight excluding hydrogens is 400 g/mol. The first-order valence-corrected chi connectivity index (χ1v) is 10.1. The highest BCUT2D eigenvalue weighted by atomic mass is 16.6. The number of hydrogen-bond acceptors (Lipinski definition) is 6. The maximum atomic E-state index is 13.3. The molecule has 4 rings (SSSR count). The lowest BCUT2D eigenvalue weighted by atomic mass is 10.1. The number of esters is 1. The van der Waals surface area contributed by atoms with Gasteiger partial charge in [-0.15, -0.1) is 0 Å². The standard InChI is InChI=1S/C23H24N2O6/c1-29-22(27)15-24(13-16-5-3-2-4-6-16)23(28)17-11-21(26)25(14-17)18-7-8-19-20(12-18)31-10-9-30-19/h2-8,12,17H,9-11,13-15H2,1H3. The molecule has 0 aromatic heterocycles. The van der Waals surface area contributed by atoms with Crippen LogP contribution in [0.3, 0.4) is 0 Å². The quantitative estimate of drug-likeness (QED) is 0.660. The lowest BCUT2D eigenvalue weighted by Gasteiger charge is -2.25. The highest BCUT2D eigenvalue weighted by Crippen LogP contribution is 2.36. The fourth-order valence-corrected chi connectivity index (χ4v) is 3.82. The maximum absolute atomic E-state index is 13.3. The van der Waals surface area contributed by atoms with Gasteiger partial charge in [0.25, 0.3) is 0 Å². The summed E-state index contributed by atoms with van der Waals surface area (Å²) in [5.41, 5.74) is 1.56. The van der Waals surface area contributed by atoms with Crippen LogP contribution in [-0.4, -0.2) is 56.1 Å². The van der Waals surface area contributed by atoms with Crippen molar-refractivity contribution in [2.45, 2.75) is 13.0 Å². The number of rotatable bonds is 6. The minimum absolute atomic E-state index is 0.0831. The highest BCUT2D eigenvalue weighted by molar-refractivity contribution is 6.00. The molecule has 2 aliphatic heterocycles. The molecule has 2 aliphatic rings. The normalized spacial score (nSPS) is 17.4. The Kier molecular flexibility index (Phi) is 6.06. The van der Waals surface area contributed by atoms with Crippen molar-refractivity contribution in [3.8, 4) is 11.5 Å². The summed E-state index contributed by atoms with van der Waals surface area (Å²) in [7, 11) is 1.29. The van der Waals surface area contributed by atoms with Gasteiger partial charge in [0.1, 0.15) is 19.8 Å². The molecule has 2 aromatic carbocycles. The van der Waals surface area contributed by atoms with E-state index in [1.165, 1.54) is 12.0 Å². The molecule has 2 amide bonds. The molecule has 0 radical (unpaired) electrons. The molecule has 8 nitrogen and oxygen atoms in total. The van der Waals surface area contributed by atoms with E-state index >= 15 is 0 Å². The third-order valence-corrected chi connectivity index (χ3v) is 5.39. The molecule has 1 fully saturated rings. The molecule has 1 atom stereocenters. The number of fused-ring (bicyclic) bond motifs is 1. The van der Waals surface area contributed by atoms with Gasteiger partial charge in [0.15, 0.2) is 11.5 Å². The smallest absolute Gasteiger partial charge is 0.325 e. The van der Waals surface area contributed by atoms with Gasteiger partial charge in [-0.05, 0) is 17.7 Å². The van der Waals surface area contributed by atoms with Crippen LogP contribution in [0.25, 0.3) is 0 Å². The first-order valence-electron chi connectivity index (χ1n) is 10.1. The number of amides is 2. The van der Waals surface area contributed by atoms with E-state index in [9.17, 15) is 14.4 Å². The van der Waals surface area contributed by atoms with Crippen LogP contribution in [0.1, 0.15) is 12.0 Å². The van der Waals surface area contributed by atoms with Crippen molar-refractivity contribution in [2.75, 3.05) is 38.3 Å². The Bertz CT molecular complexity index is 977. The summed E-state index contributed by atoms with van der Waals surface area (Å²) in [4.78, 5) is 40.9. The molecule has 0 aliphatic carbocycles. The molecule has 0 saturated carbocycles. The molecule has 1 unspecified atom stereocenters. The van der Waals surface area contributed by atoms with Gasteiger partial charge in [0.05, 0.1) is 13.0 Å². The summed E-state index contributed by atoms with van der Waals surface area (Å²) in [5.74, 6) is -0.217. The van der Waals surface area contributed by atoms with Gasteiger partial charge in [-0.3, -0.25) is 14.4 Å². The Labute approximate surface area is 180 Å². The SMILES string of the molecule is COC(=O)CN(Cc1ccccc1)C(=O)C1CC(=O)N(c2ccc3c(c2)OCCO3)C1. The molecule has 31 heavy (non-hydrogen) atoms. The summed E-state index contributed by atoms with van der Waals surface area (Å²) >= 11 is 0. The Balaban J connectivity index is 1.50. The maximum Gasteiger partial charge on any atom is 0.325 e. The molecule has 2 aromatic rings. The van der Waals surface area contributed by atoms with Crippen LogP contribution in [0.15, 0.2) is 48.5 Å². The average Bonchev–Trinajstić information content (AvgIpc) is 3.20. The number of nitrogens with zero attached hydrogens (tertiary/aromatic N) is 2. The zero-order valence-electron chi connectivity index (χ0n) is 17.3. The summed E-state index contributed by atoms with van der Waals surface area (Å²) in [6.07, 6.45) is 0.0831. The number of carbonyl (C=O) groups is 3. The van der Waals surface area contributed by atoms with Crippen molar-refractivity contribution in [1.82, 2.24) is 4.90 Å². The monoisotopic (exact) mass is 424 g/mol. The largest absolute Gasteiger partial charge is 0.486 e. The van der Waals surface area contributed by atoms with E-state index in [0.29, 0.717) is 30.4 Å². The summed E-state index contributed by atoms with van der Waals surface area (Å²) in [6.45, 7) is 1.28. The lowest BCUT2D eigenvalue weighted by molar-refractivity contribution is -0.148. The highest BCUT2D eigenvalue weighted by Gasteiger charge is 2.38. The van der Waals surface area contributed by atoms with Crippen LogP contribution in [-0.2, 0) is 25.7 Å². The van der Waals surface area contributed by atoms with E-state index in [2.05, 4.69) is 0 Å². The lowest BCUT2D eigenvalue weighted by Crippen LogP contribution is -2.40. The molecule has 162 valence electrons. The van der Waals surface area contributed by atoms with Crippen LogP contribution >= 0.6 is 0 Å². The molecule has 8 heteroatoms. The van der Waals surface area contributed by atoms with Gasteiger partial charge in [-0.25, -0.2) is 0 Å². The third kappa shape index (κ3) is 4.63. The van der Waals surface area contributed by atoms with Crippen LogP contribution in [0.5, 0.6) is 11.5 Å². The minimum Gasteiger partial charge on any atom is -0.486 e. The predicted octanol–water partition coefficient (Wildman–Crippen LogP) is 2.01. The molecule has 0 bridgehead atoms. The van der Waals surface area contributed by atoms with Crippen molar-refractivity contribution < 1.29 is 28.6 Å². The van der Waals surface area contributed by atoms with Gasteiger partial charge in [-0.1, -0.05) is 30.3 Å². The molecule has 0 spiro atoms. The first-order chi connectivity index (χ1) is 15.0. The topological polar surface area (TPSA) is 85.4 Å². The fraction of sp³-hybridized carbons (Fsp3) is 0.348. The second-order valence-electron chi connectivity index (χ2n) is 7.49. The van der Waals surface area contributed by atoms with E-state index in [0.717, 1.165) is 5.56 Å². The minimum atomic E-state index is -0.547. The third-order valence-electron chi connectivity index (χ3n) is 5.39. The summed E-state index contributed by atoms with van der Waals surface area (Å²) < 4.78 is 15.9. The number of methoxy groups -OCH3 is 1. The van der Waals surface area contributed by atoms with E-state index in [1.807, 2.05) is 30.3 Å². The van der Waals surface area contributed by atoms with Gasteiger partial charge in [-0.2, -0.15) is 0 Å². The van der Waals surface area contributed by atoms with Crippen molar-refractivity contribution in [3.63, 3.8) is 0 Å². The number of ether oxygens (including phenoxy) is 3. The van der Waals surface area contributed by atoms with Crippen molar-refractivity contribution in [3.05, 3.63) is 54.1 Å². The van der Waals surface area contributed by atoms with Crippen molar-refractivity contribution >= 4 is 23.5 Å². The van der Waals surface area contributed by atoms with Gasteiger partial charge < -0.3 is 24.0 Å². The number of hydrogen-bond donors (Lipinski definition) is 0. The number of carbonyl (C=O) groups excluding carboxylic acids is 3. The molecule has 0 N–H and O–H groups in total. The Hall–Kier alpha value is -3.55. The second kappa shape index (κ2) is 9.07. The van der Waals surface area contributed by atoms with Crippen LogP contribution < -0.4 is 14.4 Å². The predicted molar refractivity (Wildman–Crippen MR) is 112 cm³/mol. The van der Waals surface area contributed by atoms with E-state index in [1.54, 1.807) is 23.1 Å². The van der Waals surface area contributed by atoms with Crippen LogP contribution in [0, 0.1) is 5.92 Å². The number of anilines is 1. The molecule has 1 saturated heterocycles. The first kappa shape index (κ1) is 20.7. The average molecular weight is 424 g/mol. The summed E-state index contributed by atoms with van der Waals surface area (Å²) in [5, 5.41) is 0. The van der Waals surface area contributed by atoms with Gasteiger partial charge >= 0.3 is 5.97 Å².